The summed E-state index contributed by atoms with van der Waals surface area (Å²) >= 11 is 5.79. The van der Waals surface area contributed by atoms with Gasteiger partial charge in [0.15, 0.2) is 0 Å². The highest BCUT2D eigenvalue weighted by molar-refractivity contribution is 6.28. The quantitative estimate of drug-likeness (QED) is 0.686. The Morgan fingerprint density at radius 2 is 2.27 bits per heavy atom. The van der Waals surface area contributed by atoms with Gasteiger partial charge in [-0.25, -0.2) is 0 Å². The number of rotatable bonds is 2. The molecule has 0 N–H and O–H groups in total. The molecule has 1 heterocycles. The average Bonchev–Trinajstić information content (AvgIpc) is 2.36. The van der Waals surface area contributed by atoms with Gasteiger partial charge >= 0.3 is 0 Å². The maximum atomic E-state index is 5.79. The minimum atomic E-state index is 0.0145. The normalized spacial score (nSPS) is 12.0. The highest BCUT2D eigenvalue weighted by Crippen LogP contribution is 2.22. The van der Waals surface area contributed by atoms with Gasteiger partial charge in [-0.1, -0.05) is 6.92 Å². The summed E-state index contributed by atoms with van der Waals surface area (Å²) in [6.45, 7) is 6.31. The SMILES string of the molecule is CCC(C)(C)n1cnnc1Cl. The Morgan fingerprint density at radius 3 is 2.64 bits per heavy atom. The first-order chi connectivity index (χ1) is 5.08. The third-order valence-electron chi connectivity index (χ3n) is 2.02. The summed E-state index contributed by atoms with van der Waals surface area (Å²) in [5.41, 5.74) is 0.0145. The van der Waals surface area contributed by atoms with Crippen LogP contribution in [0.3, 0.4) is 0 Å². The number of hydrogen-bond donors (Lipinski definition) is 0. The first-order valence-corrected chi connectivity index (χ1v) is 4.01. The molecule has 0 saturated carbocycles. The van der Waals surface area contributed by atoms with E-state index in [1.165, 1.54) is 0 Å². The Bertz CT molecular complexity index is 242. The smallest absolute Gasteiger partial charge is 0.225 e. The van der Waals surface area contributed by atoms with Gasteiger partial charge < -0.3 is 0 Å². The zero-order valence-corrected chi connectivity index (χ0v) is 7.76. The molecular weight excluding hydrogens is 162 g/mol. The van der Waals surface area contributed by atoms with Crippen molar-refractivity contribution in [3.63, 3.8) is 0 Å². The molecule has 11 heavy (non-hydrogen) atoms. The second-order valence-corrected chi connectivity index (χ2v) is 3.47. The minimum Gasteiger partial charge on any atom is -0.299 e. The van der Waals surface area contributed by atoms with Crippen LogP contribution in [0.25, 0.3) is 0 Å². The lowest BCUT2D eigenvalue weighted by Crippen LogP contribution is -2.24. The van der Waals surface area contributed by atoms with Gasteiger partial charge in [-0.2, -0.15) is 0 Å². The van der Waals surface area contributed by atoms with Crippen LogP contribution in [0.4, 0.5) is 0 Å². The van der Waals surface area contributed by atoms with Crippen LogP contribution in [0.1, 0.15) is 27.2 Å². The lowest BCUT2D eigenvalue weighted by atomic mass is 10.0. The van der Waals surface area contributed by atoms with Crippen molar-refractivity contribution in [3.8, 4) is 0 Å². The molecule has 62 valence electrons. The maximum Gasteiger partial charge on any atom is 0.225 e. The van der Waals surface area contributed by atoms with Gasteiger partial charge in [-0.05, 0) is 31.9 Å². The molecule has 1 aromatic rings. The fourth-order valence-corrected chi connectivity index (χ4v) is 1.11. The predicted molar refractivity (Wildman–Crippen MR) is 44.6 cm³/mol. The van der Waals surface area contributed by atoms with E-state index in [0.29, 0.717) is 5.28 Å². The Labute approximate surface area is 71.4 Å². The Morgan fingerprint density at radius 1 is 1.64 bits per heavy atom. The lowest BCUT2D eigenvalue weighted by Gasteiger charge is -2.24. The molecule has 0 aliphatic carbocycles. The van der Waals surface area contributed by atoms with Crippen molar-refractivity contribution in [3.05, 3.63) is 11.6 Å². The summed E-state index contributed by atoms with van der Waals surface area (Å²) in [5.74, 6) is 0. The van der Waals surface area contributed by atoms with Gasteiger partial charge in [0.25, 0.3) is 0 Å². The highest BCUT2D eigenvalue weighted by Gasteiger charge is 2.19. The standard InChI is InChI=1S/C7H12ClN3/c1-4-7(2,3)11-5-9-10-6(11)8/h5H,4H2,1-3H3. The number of halogens is 1. The molecule has 0 aliphatic rings. The molecule has 0 atom stereocenters. The van der Waals surface area contributed by atoms with Crippen LogP contribution in [0.15, 0.2) is 6.33 Å². The molecule has 0 saturated heterocycles. The van der Waals surface area contributed by atoms with E-state index in [-0.39, 0.29) is 5.54 Å². The monoisotopic (exact) mass is 173 g/mol. The first-order valence-electron chi connectivity index (χ1n) is 3.64. The van der Waals surface area contributed by atoms with Crippen LogP contribution in [-0.4, -0.2) is 14.8 Å². The zero-order valence-electron chi connectivity index (χ0n) is 7.00. The summed E-state index contributed by atoms with van der Waals surface area (Å²) in [6, 6.07) is 0. The van der Waals surface area contributed by atoms with Crippen molar-refractivity contribution in [2.75, 3.05) is 0 Å². The van der Waals surface area contributed by atoms with Crippen LogP contribution in [0.5, 0.6) is 0 Å². The van der Waals surface area contributed by atoms with Crippen molar-refractivity contribution in [2.24, 2.45) is 0 Å². The molecule has 0 unspecified atom stereocenters. The Hall–Kier alpha value is -0.570. The van der Waals surface area contributed by atoms with Crippen molar-refractivity contribution in [2.45, 2.75) is 32.7 Å². The van der Waals surface area contributed by atoms with Crippen LogP contribution in [-0.2, 0) is 5.54 Å². The molecule has 3 nitrogen and oxygen atoms in total. The summed E-state index contributed by atoms with van der Waals surface area (Å²) in [7, 11) is 0. The molecule has 0 radical (unpaired) electrons. The van der Waals surface area contributed by atoms with E-state index in [2.05, 4.69) is 31.0 Å². The van der Waals surface area contributed by atoms with Gasteiger partial charge in [-0.3, -0.25) is 4.57 Å². The van der Waals surface area contributed by atoms with E-state index in [1.807, 2.05) is 4.57 Å². The topological polar surface area (TPSA) is 30.7 Å². The Kier molecular flexibility index (Phi) is 2.18. The van der Waals surface area contributed by atoms with Crippen LogP contribution >= 0.6 is 11.6 Å². The van der Waals surface area contributed by atoms with Crippen molar-refractivity contribution in [1.29, 1.82) is 0 Å². The van der Waals surface area contributed by atoms with E-state index >= 15 is 0 Å². The lowest BCUT2D eigenvalue weighted by molar-refractivity contribution is 0.341. The second-order valence-electron chi connectivity index (χ2n) is 3.14. The molecule has 0 fully saturated rings. The van der Waals surface area contributed by atoms with Gasteiger partial charge in [0, 0.05) is 5.54 Å². The average molecular weight is 174 g/mol. The molecule has 0 aromatic carbocycles. The van der Waals surface area contributed by atoms with E-state index in [4.69, 9.17) is 11.6 Å². The Balaban J connectivity index is 3.00. The summed E-state index contributed by atoms with van der Waals surface area (Å²) < 4.78 is 1.87. The largest absolute Gasteiger partial charge is 0.299 e. The fourth-order valence-electron chi connectivity index (χ4n) is 0.797. The zero-order chi connectivity index (χ0) is 8.48. The number of aromatic nitrogens is 3. The van der Waals surface area contributed by atoms with Crippen molar-refractivity contribution in [1.82, 2.24) is 14.8 Å². The minimum absolute atomic E-state index is 0.0145. The van der Waals surface area contributed by atoms with Crippen LogP contribution in [0.2, 0.25) is 5.28 Å². The summed E-state index contributed by atoms with van der Waals surface area (Å²) in [6.07, 6.45) is 2.66. The first kappa shape index (κ1) is 8.53. The predicted octanol–water partition coefficient (Wildman–Crippen LogP) is 2.08. The van der Waals surface area contributed by atoms with Gasteiger partial charge in [0.1, 0.15) is 6.33 Å². The molecular formula is C7H12ClN3. The van der Waals surface area contributed by atoms with Crippen molar-refractivity contribution >= 4 is 11.6 Å². The number of hydrogen-bond acceptors (Lipinski definition) is 2. The van der Waals surface area contributed by atoms with E-state index in [0.717, 1.165) is 6.42 Å². The van der Waals surface area contributed by atoms with E-state index in [9.17, 15) is 0 Å². The summed E-state index contributed by atoms with van der Waals surface area (Å²) in [4.78, 5) is 0. The highest BCUT2D eigenvalue weighted by atomic mass is 35.5. The molecule has 1 aromatic heterocycles. The number of nitrogens with zero attached hydrogens (tertiary/aromatic N) is 3. The van der Waals surface area contributed by atoms with Gasteiger partial charge in [0.2, 0.25) is 5.28 Å². The van der Waals surface area contributed by atoms with Gasteiger partial charge in [-0.15, -0.1) is 10.2 Å². The van der Waals surface area contributed by atoms with Crippen LogP contribution in [0, 0.1) is 0 Å². The van der Waals surface area contributed by atoms with Crippen LogP contribution < -0.4 is 0 Å². The molecule has 0 bridgehead atoms. The second kappa shape index (κ2) is 2.81. The third kappa shape index (κ3) is 1.53. The molecule has 0 amide bonds. The molecule has 0 spiro atoms. The van der Waals surface area contributed by atoms with E-state index in [1.54, 1.807) is 6.33 Å². The molecule has 0 aliphatic heterocycles. The molecule has 4 heteroatoms. The molecule has 1 rings (SSSR count). The van der Waals surface area contributed by atoms with Crippen molar-refractivity contribution < 1.29 is 0 Å². The fraction of sp³-hybridized carbons (Fsp3) is 0.714. The summed E-state index contributed by atoms with van der Waals surface area (Å²) in [5, 5.41) is 7.88. The third-order valence-corrected chi connectivity index (χ3v) is 2.28. The van der Waals surface area contributed by atoms with E-state index < -0.39 is 0 Å². The van der Waals surface area contributed by atoms with Gasteiger partial charge in [0.05, 0.1) is 0 Å². The maximum absolute atomic E-state index is 5.79.